The van der Waals surface area contributed by atoms with Crippen LogP contribution in [0.2, 0.25) is 0 Å². The topological polar surface area (TPSA) is 69.4 Å². The molecule has 0 atom stereocenters. The number of benzene rings is 1. The van der Waals surface area contributed by atoms with Crippen molar-refractivity contribution in [2.45, 2.75) is 13.0 Å². The number of ketones is 1. The highest BCUT2D eigenvalue weighted by Crippen LogP contribution is 2.06. The molecule has 0 aliphatic rings. The van der Waals surface area contributed by atoms with Crippen molar-refractivity contribution < 1.29 is 14.3 Å². The van der Waals surface area contributed by atoms with Crippen molar-refractivity contribution in [3.63, 3.8) is 0 Å². The third-order valence-corrected chi connectivity index (χ3v) is 2.00. The van der Waals surface area contributed by atoms with Crippen LogP contribution >= 0.6 is 0 Å². The maximum Gasteiger partial charge on any atom is 0.374 e. The highest BCUT2D eigenvalue weighted by molar-refractivity contribution is 6.34. The summed E-state index contributed by atoms with van der Waals surface area (Å²) in [5.41, 5.74) is 7.17. The van der Waals surface area contributed by atoms with E-state index in [9.17, 15) is 9.59 Å². The van der Waals surface area contributed by atoms with Gasteiger partial charge < -0.3 is 10.5 Å². The van der Waals surface area contributed by atoms with E-state index in [2.05, 4.69) is 4.74 Å². The van der Waals surface area contributed by atoms with Crippen LogP contribution in [0.25, 0.3) is 0 Å². The number of esters is 1. The smallest absolute Gasteiger partial charge is 0.374 e. The minimum absolute atomic E-state index is 0.0561. The van der Waals surface area contributed by atoms with Gasteiger partial charge in [-0.2, -0.15) is 0 Å². The van der Waals surface area contributed by atoms with E-state index in [1.54, 1.807) is 12.1 Å². The Kier molecular flexibility index (Phi) is 4.00. The molecule has 0 fully saturated rings. The Morgan fingerprint density at radius 1 is 1.33 bits per heavy atom. The number of methoxy groups -OCH3 is 1. The van der Waals surface area contributed by atoms with E-state index < -0.39 is 11.8 Å². The van der Waals surface area contributed by atoms with E-state index in [0.717, 1.165) is 11.1 Å². The third kappa shape index (κ3) is 3.18. The fourth-order valence-corrected chi connectivity index (χ4v) is 1.24. The van der Waals surface area contributed by atoms with E-state index in [4.69, 9.17) is 5.73 Å². The molecule has 0 aliphatic carbocycles. The first-order valence-corrected chi connectivity index (χ1v) is 4.56. The van der Waals surface area contributed by atoms with Gasteiger partial charge in [-0.3, -0.25) is 4.79 Å². The molecule has 0 amide bonds. The maximum atomic E-state index is 11.2. The molecule has 0 bridgehead atoms. The number of Topliss-reactive ketones (excluding diaryl/α,β-unsaturated/α-hetero) is 1. The normalized spacial score (nSPS) is 9.73. The van der Waals surface area contributed by atoms with Crippen molar-refractivity contribution in [3.05, 3.63) is 35.4 Å². The Morgan fingerprint density at radius 3 is 2.60 bits per heavy atom. The van der Waals surface area contributed by atoms with Crippen LogP contribution in [0.5, 0.6) is 0 Å². The Balaban J connectivity index is 2.72. The van der Waals surface area contributed by atoms with Gasteiger partial charge in [0.1, 0.15) is 0 Å². The molecule has 0 heterocycles. The molecule has 0 radical (unpaired) electrons. The summed E-state index contributed by atoms with van der Waals surface area (Å²) in [5, 5.41) is 0. The van der Waals surface area contributed by atoms with Gasteiger partial charge in [-0.25, -0.2) is 4.79 Å². The fourth-order valence-electron chi connectivity index (χ4n) is 1.24. The number of carbonyl (C=O) groups excluding carboxylic acids is 2. The summed E-state index contributed by atoms with van der Waals surface area (Å²) in [6.07, 6.45) is 0.0561. The number of ether oxygens (including phenoxy) is 1. The lowest BCUT2D eigenvalue weighted by molar-refractivity contribution is -0.151. The Bertz CT molecular complexity index is 374. The van der Waals surface area contributed by atoms with Gasteiger partial charge in [0.05, 0.1) is 7.11 Å². The average Bonchev–Trinajstić information content (AvgIpc) is 2.28. The molecule has 0 unspecified atom stereocenters. The Hall–Kier alpha value is -1.68. The lowest BCUT2D eigenvalue weighted by Crippen LogP contribution is -2.17. The number of rotatable bonds is 4. The number of hydrogen-bond acceptors (Lipinski definition) is 4. The zero-order valence-corrected chi connectivity index (χ0v) is 8.53. The molecule has 0 spiro atoms. The zero-order chi connectivity index (χ0) is 11.3. The van der Waals surface area contributed by atoms with E-state index in [-0.39, 0.29) is 6.42 Å². The first-order valence-electron chi connectivity index (χ1n) is 4.56. The molecular weight excluding hydrogens is 194 g/mol. The molecule has 0 aromatic heterocycles. The van der Waals surface area contributed by atoms with Gasteiger partial charge in [0.25, 0.3) is 0 Å². The van der Waals surface area contributed by atoms with E-state index in [0.29, 0.717) is 6.54 Å². The number of carbonyl (C=O) groups is 2. The second kappa shape index (κ2) is 5.26. The first-order chi connectivity index (χ1) is 7.17. The predicted molar refractivity (Wildman–Crippen MR) is 55.1 cm³/mol. The Morgan fingerprint density at radius 2 is 2.00 bits per heavy atom. The molecule has 2 N–H and O–H groups in total. The molecule has 80 valence electrons. The number of nitrogens with two attached hydrogens (primary N) is 1. The summed E-state index contributed by atoms with van der Waals surface area (Å²) in [7, 11) is 1.19. The third-order valence-electron chi connectivity index (χ3n) is 2.00. The molecule has 0 saturated carbocycles. The SMILES string of the molecule is COC(=O)C(=O)Cc1cccc(CN)c1. The van der Waals surface area contributed by atoms with Crippen molar-refractivity contribution in [2.24, 2.45) is 5.73 Å². The summed E-state index contributed by atoms with van der Waals surface area (Å²) < 4.78 is 4.33. The highest BCUT2D eigenvalue weighted by Gasteiger charge is 2.14. The van der Waals surface area contributed by atoms with Crippen molar-refractivity contribution in [2.75, 3.05) is 7.11 Å². The summed E-state index contributed by atoms with van der Waals surface area (Å²) in [6.45, 7) is 0.417. The summed E-state index contributed by atoms with van der Waals surface area (Å²) in [5.74, 6) is -1.36. The van der Waals surface area contributed by atoms with Crippen molar-refractivity contribution in [1.29, 1.82) is 0 Å². The van der Waals surface area contributed by atoms with E-state index in [1.807, 2.05) is 12.1 Å². The quantitative estimate of drug-likeness (QED) is 0.574. The largest absolute Gasteiger partial charge is 0.463 e. The van der Waals surface area contributed by atoms with Crippen LogP contribution in [0.15, 0.2) is 24.3 Å². The molecule has 1 aromatic rings. The summed E-state index contributed by atoms with van der Waals surface area (Å²) in [6, 6.07) is 7.26. The van der Waals surface area contributed by atoms with Crippen LogP contribution in [0.3, 0.4) is 0 Å². The number of hydrogen-bond donors (Lipinski definition) is 1. The minimum Gasteiger partial charge on any atom is -0.463 e. The van der Waals surface area contributed by atoms with Gasteiger partial charge in [-0.1, -0.05) is 24.3 Å². The molecule has 1 aromatic carbocycles. The minimum atomic E-state index is -0.812. The van der Waals surface area contributed by atoms with Crippen LogP contribution in [0.1, 0.15) is 11.1 Å². The summed E-state index contributed by atoms with van der Waals surface area (Å²) in [4.78, 5) is 22.1. The standard InChI is InChI=1S/C11H13NO3/c1-15-11(14)10(13)6-8-3-2-4-9(5-8)7-12/h2-5H,6-7,12H2,1H3. The highest BCUT2D eigenvalue weighted by atomic mass is 16.5. The van der Waals surface area contributed by atoms with Crippen molar-refractivity contribution in [3.8, 4) is 0 Å². The molecule has 15 heavy (non-hydrogen) atoms. The van der Waals surface area contributed by atoms with Crippen LogP contribution in [0, 0.1) is 0 Å². The van der Waals surface area contributed by atoms with Gasteiger partial charge in [0.2, 0.25) is 5.78 Å². The summed E-state index contributed by atoms with van der Waals surface area (Å²) >= 11 is 0. The second-order valence-electron chi connectivity index (χ2n) is 3.12. The predicted octanol–water partition coefficient (Wildman–Crippen LogP) is 0.430. The molecule has 4 heteroatoms. The van der Waals surface area contributed by atoms with Gasteiger partial charge in [0, 0.05) is 13.0 Å². The van der Waals surface area contributed by atoms with Crippen LogP contribution < -0.4 is 5.73 Å². The lowest BCUT2D eigenvalue weighted by atomic mass is 10.1. The average molecular weight is 207 g/mol. The molecule has 0 saturated heterocycles. The van der Waals surface area contributed by atoms with Crippen molar-refractivity contribution >= 4 is 11.8 Å². The fraction of sp³-hybridized carbons (Fsp3) is 0.273. The molecular formula is C11H13NO3. The molecule has 0 aliphatic heterocycles. The van der Waals surface area contributed by atoms with Gasteiger partial charge >= 0.3 is 5.97 Å². The van der Waals surface area contributed by atoms with Gasteiger partial charge in [0.15, 0.2) is 0 Å². The van der Waals surface area contributed by atoms with Crippen molar-refractivity contribution in [1.82, 2.24) is 0 Å². The van der Waals surface area contributed by atoms with E-state index >= 15 is 0 Å². The van der Waals surface area contributed by atoms with Crippen LogP contribution in [-0.4, -0.2) is 18.9 Å². The Labute approximate surface area is 88.0 Å². The van der Waals surface area contributed by atoms with Crippen LogP contribution in [0.4, 0.5) is 0 Å². The first kappa shape index (κ1) is 11.4. The van der Waals surface area contributed by atoms with Crippen LogP contribution in [-0.2, 0) is 27.3 Å². The molecule has 1 rings (SSSR count). The maximum absolute atomic E-state index is 11.2. The zero-order valence-electron chi connectivity index (χ0n) is 8.53. The monoisotopic (exact) mass is 207 g/mol. The molecule has 4 nitrogen and oxygen atoms in total. The van der Waals surface area contributed by atoms with Gasteiger partial charge in [-0.15, -0.1) is 0 Å². The second-order valence-corrected chi connectivity index (χ2v) is 3.12. The lowest BCUT2D eigenvalue weighted by Gasteiger charge is -2.02. The van der Waals surface area contributed by atoms with Gasteiger partial charge in [-0.05, 0) is 11.1 Å². The van der Waals surface area contributed by atoms with E-state index in [1.165, 1.54) is 7.11 Å².